The zero-order valence-electron chi connectivity index (χ0n) is 7.17. The summed E-state index contributed by atoms with van der Waals surface area (Å²) in [5, 5.41) is 0. The van der Waals surface area contributed by atoms with Crippen LogP contribution in [0, 0.1) is 0 Å². The first kappa shape index (κ1) is 10.1. The maximum atomic E-state index is 4.07. The molecular formula is C8H12B2N. The molecule has 0 saturated heterocycles. The Labute approximate surface area is 70.1 Å². The van der Waals surface area contributed by atoms with Crippen LogP contribution < -0.4 is 0 Å². The van der Waals surface area contributed by atoms with E-state index in [0.29, 0.717) is 0 Å². The summed E-state index contributed by atoms with van der Waals surface area (Å²) in [5.74, 6) is 1.73. The molecule has 0 unspecified atom stereocenters. The third kappa shape index (κ3) is 3.17. The predicted molar refractivity (Wildman–Crippen MR) is 56.1 cm³/mol. The van der Waals surface area contributed by atoms with Crippen LogP contribution in [0.1, 0.15) is 0 Å². The van der Waals surface area contributed by atoms with E-state index >= 15 is 0 Å². The molecule has 0 saturated carbocycles. The molecular weight excluding hydrogens is 132 g/mol. The van der Waals surface area contributed by atoms with Crippen molar-refractivity contribution >= 4 is 25.3 Å². The molecule has 0 fully saturated rings. The molecule has 0 aliphatic rings. The van der Waals surface area contributed by atoms with Crippen molar-refractivity contribution in [3.05, 3.63) is 25.2 Å². The molecule has 3 heteroatoms. The molecule has 1 radical (unpaired) electrons. The summed E-state index contributed by atoms with van der Waals surface area (Å²) >= 11 is 0. The van der Waals surface area contributed by atoms with Crippen LogP contribution >= 0.6 is 0 Å². The number of nitrogens with zero attached hydrogens (tertiary/aromatic N) is 1. The third-order valence-electron chi connectivity index (χ3n) is 1.33. The summed E-state index contributed by atoms with van der Waals surface area (Å²) in [7, 11) is 3.70. The maximum absolute atomic E-state index is 4.07. The summed E-state index contributed by atoms with van der Waals surface area (Å²) in [4.78, 5) is 4.07. The molecule has 55 valence electrons. The van der Waals surface area contributed by atoms with Gasteiger partial charge < -0.3 is 0 Å². The molecule has 0 aromatic rings. The summed E-state index contributed by atoms with van der Waals surface area (Å²) in [6, 6.07) is 0. The molecule has 1 nitrogen and oxygen atoms in total. The first-order valence-corrected chi connectivity index (χ1v) is 3.51. The Morgan fingerprint density at radius 3 is 2.36 bits per heavy atom. The summed E-state index contributed by atoms with van der Waals surface area (Å²) < 4.78 is 0. The van der Waals surface area contributed by atoms with E-state index in [9.17, 15) is 0 Å². The van der Waals surface area contributed by atoms with Crippen molar-refractivity contribution in [3.63, 3.8) is 0 Å². The van der Waals surface area contributed by atoms with E-state index in [1.54, 1.807) is 19.1 Å². The van der Waals surface area contributed by atoms with E-state index in [1.807, 2.05) is 21.0 Å². The standard InChI is InChI=1S/C8H12B2N/c1-5-7(10-6-2)8(9-3)11-4/h5-6H,1-2H2,3-4H3. The van der Waals surface area contributed by atoms with Crippen LogP contribution in [0.3, 0.4) is 0 Å². The second kappa shape index (κ2) is 5.90. The van der Waals surface area contributed by atoms with Gasteiger partial charge in [0.25, 0.3) is 0 Å². The van der Waals surface area contributed by atoms with Crippen molar-refractivity contribution < 1.29 is 0 Å². The Bertz CT molecular complexity index is 204. The molecule has 0 spiro atoms. The number of hydrogen-bond acceptors (Lipinski definition) is 1. The average molecular weight is 144 g/mol. The number of aliphatic imine (C=N–C) groups is 1. The van der Waals surface area contributed by atoms with Crippen LogP contribution in [0.25, 0.3) is 0 Å². The van der Waals surface area contributed by atoms with Gasteiger partial charge in [-0.05, 0) is 0 Å². The molecule has 0 bridgehead atoms. The van der Waals surface area contributed by atoms with Crippen molar-refractivity contribution in [2.24, 2.45) is 4.99 Å². The minimum absolute atomic E-state index is 0.944. The monoisotopic (exact) mass is 144 g/mol. The molecule has 0 atom stereocenters. The van der Waals surface area contributed by atoms with Crippen LogP contribution in [0.4, 0.5) is 0 Å². The van der Waals surface area contributed by atoms with Crippen LogP contribution in [-0.2, 0) is 0 Å². The summed E-state index contributed by atoms with van der Waals surface area (Å²) in [5.41, 5.74) is 1.95. The zero-order valence-corrected chi connectivity index (χ0v) is 7.17. The van der Waals surface area contributed by atoms with E-state index in [2.05, 4.69) is 18.2 Å². The molecule has 0 aliphatic heterocycles. The summed E-state index contributed by atoms with van der Waals surface area (Å²) in [6.45, 7) is 11.1. The molecule has 0 aliphatic carbocycles. The van der Waals surface area contributed by atoms with Crippen molar-refractivity contribution in [3.8, 4) is 0 Å². The number of allylic oxidation sites excluding steroid dienone is 1. The van der Waals surface area contributed by atoms with Crippen LogP contribution in [-0.4, -0.2) is 32.3 Å². The molecule has 11 heavy (non-hydrogen) atoms. The Morgan fingerprint density at radius 2 is 2.09 bits per heavy atom. The quantitative estimate of drug-likeness (QED) is 0.411. The fraction of sp³-hybridized carbons (Fsp3) is 0.250. The molecule has 0 rings (SSSR count). The second-order valence-electron chi connectivity index (χ2n) is 1.96. The normalized spacial score (nSPS) is 11.8. The topological polar surface area (TPSA) is 12.4 Å². The van der Waals surface area contributed by atoms with Gasteiger partial charge in [-0.3, -0.25) is 0 Å². The average Bonchev–Trinajstić information content (AvgIpc) is 2.05. The van der Waals surface area contributed by atoms with Gasteiger partial charge in [-0.2, -0.15) is 0 Å². The van der Waals surface area contributed by atoms with Gasteiger partial charge in [-0.25, -0.2) is 0 Å². The molecule has 0 N–H and O–H groups in total. The van der Waals surface area contributed by atoms with Crippen molar-refractivity contribution in [1.29, 1.82) is 0 Å². The van der Waals surface area contributed by atoms with Crippen LogP contribution in [0.5, 0.6) is 0 Å². The molecule has 0 aromatic heterocycles. The molecule has 0 aromatic carbocycles. The van der Waals surface area contributed by atoms with E-state index in [4.69, 9.17) is 0 Å². The van der Waals surface area contributed by atoms with Crippen molar-refractivity contribution in [2.75, 3.05) is 7.05 Å². The molecule has 0 amide bonds. The minimum atomic E-state index is 0.944. The van der Waals surface area contributed by atoms with Gasteiger partial charge in [0, 0.05) is 0 Å². The second-order valence-corrected chi connectivity index (χ2v) is 1.96. The zero-order chi connectivity index (χ0) is 8.69. The number of rotatable bonds is 4. The SMILES string of the molecule is C=CB=C(C=C)C([B]C)=NC. The van der Waals surface area contributed by atoms with Gasteiger partial charge in [0.2, 0.25) is 0 Å². The van der Waals surface area contributed by atoms with Crippen LogP contribution in [0.2, 0.25) is 6.82 Å². The van der Waals surface area contributed by atoms with Crippen molar-refractivity contribution in [1.82, 2.24) is 0 Å². The van der Waals surface area contributed by atoms with Crippen LogP contribution in [0.15, 0.2) is 30.2 Å². The van der Waals surface area contributed by atoms with E-state index in [1.165, 1.54) is 0 Å². The molecule has 0 heterocycles. The number of hydrogen-bond donors (Lipinski definition) is 0. The van der Waals surface area contributed by atoms with Gasteiger partial charge in [0.1, 0.15) is 0 Å². The first-order valence-electron chi connectivity index (χ1n) is 3.51. The first-order chi connectivity index (χ1) is 5.29. The summed E-state index contributed by atoms with van der Waals surface area (Å²) in [6.07, 6.45) is 1.77. The van der Waals surface area contributed by atoms with Gasteiger partial charge in [-0.1, -0.05) is 0 Å². The van der Waals surface area contributed by atoms with E-state index in [-0.39, 0.29) is 0 Å². The van der Waals surface area contributed by atoms with Crippen molar-refractivity contribution in [2.45, 2.75) is 6.82 Å². The third-order valence-corrected chi connectivity index (χ3v) is 1.33. The predicted octanol–water partition coefficient (Wildman–Crippen LogP) is 0.973. The Balaban J connectivity index is 4.61. The fourth-order valence-electron chi connectivity index (χ4n) is 0.810. The van der Waals surface area contributed by atoms with Gasteiger partial charge in [-0.15, -0.1) is 0 Å². The fourth-order valence-corrected chi connectivity index (χ4v) is 0.810. The van der Waals surface area contributed by atoms with Gasteiger partial charge >= 0.3 is 69.3 Å². The van der Waals surface area contributed by atoms with E-state index < -0.39 is 0 Å². The Kier molecular flexibility index (Phi) is 5.44. The Hall–Kier alpha value is -0.850. The van der Waals surface area contributed by atoms with E-state index in [0.717, 1.165) is 11.1 Å². The Morgan fingerprint density at radius 1 is 1.45 bits per heavy atom. The van der Waals surface area contributed by atoms with Gasteiger partial charge in [0.15, 0.2) is 0 Å². The van der Waals surface area contributed by atoms with Gasteiger partial charge in [0.05, 0.1) is 0 Å².